The molecule has 1 heterocycles. The van der Waals surface area contributed by atoms with Crippen molar-refractivity contribution in [1.82, 2.24) is 5.32 Å². The van der Waals surface area contributed by atoms with E-state index in [1.807, 2.05) is 0 Å². The fourth-order valence-corrected chi connectivity index (χ4v) is 2.54. The van der Waals surface area contributed by atoms with Gasteiger partial charge in [-0.25, -0.2) is 8.42 Å². The second-order valence-electron chi connectivity index (χ2n) is 4.58. The van der Waals surface area contributed by atoms with Crippen LogP contribution in [-0.4, -0.2) is 44.2 Å². The first kappa shape index (κ1) is 14.5. The summed E-state index contributed by atoms with van der Waals surface area (Å²) in [7, 11) is -3.30. The third-order valence-electron chi connectivity index (χ3n) is 2.99. The molecule has 0 spiro atoms. The summed E-state index contributed by atoms with van der Waals surface area (Å²) in [4.78, 5) is 23.4. The lowest BCUT2D eigenvalue weighted by atomic mass is 10.0. The monoisotopic (exact) mass is 298 g/mol. The Labute approximate surface area is 115 Å². The lowest BCUT2D eigenvalue weighted by Crippen LogP contribution is -2.34. The Morgan fingerprint density at radius 1 is 1.35 bits per heavy atom. The number of carbonyl (C=O) groups excluding carboxylic acids is 2. The maximum atomic E-state index is 11.9. The zero-order chi connectivity index (χ0) is 14.9. The third kappa shape index (κ3) is 2.97. The number of sulfone groups is 1. The van der Waals surface area contributed by atoms with Gasteiger partial charge in [0.1, 0.15) is 5.92 Å². The number of carbonyl (C=O) groups is 2. The van der Waals surface area contributed by atoms with Gasteiger partial charge in [-0.05, 0) is 24.3 Å². The SMILES string of the molecule is CS(=O)(=O)c1ccc(NC(=O)C2C(=O)NCC2O)cc1. The van der Waals surface area contributed by atoms with E-state index < -0.39 is 33.7 Å². The van der Waals surface area contributed by atoms with Crippen molar-refractivity contribution in [3.63, 3.8) is 0 Å². The number of aliphatic hydroxyl groups is 1. The molecular formula is C12H14N2O5S. The summed E-state index contributed by atoms with van der Waals surface area (Å²) < 4.78 is 22.6. The third-order valence-corrected chi connectivity index (χ3v) is 4.11. The smallest absolute Gasteiger partial charge is 0.239 e. The topological polar surface area (TPSA) is 113 Å². The summed E-state index contributed by atoms with van der Waals surface area (Å²) in [5.41, 5.74) is 0.356. The van der Waals surface area contributed by atoms with Gasteiger partial charge in [0.2, 0.25) is 11.8 Å². The van der Waals surface area contributed by atoms with Gasteiger partial charge < -0.3 is 15.7 Å². The summed E-state index contributed by atoms with van der Waals surface area (Å²) in [5.74, 6) is -2.30. The van der Waals surface area contributed by atoms with Gasteiger partial charge in [0, 0.05) is 18.5 Å². The molecule has 1 aromatic rings. The van der Waals surface area contributed by atoms with Crippen molar-refractivity contribution in [3.05, 3.63) is 24.3 Å². The minimum atomic E-state index is -3.30. The minimum absolute atomic E-state index is 0.0456. The number of anilines is 1. The molecular weight excluding hydrogens is 284 g/mol. The molecule has 108 valence electrons. The number of hydrogen-bond acceptors (Lipinski definition) is 5. The molecule has 2 rings (SSSR count). The highest BCUT2D eigenvalue weighted by atomic mass is 32.2. The van der Waals surface area contributed by atoms with Crippen LogP contribution in [0.5, 0.6) is 0 Å². The van der Waals surface area contributed by atoms with Crippen LogP contribution in [0.3, 0.4) is 0 Å². The van der Waals surface area contributed by atoms with E-state index >= 15 is 0 Å². The van der Waals surface area contributed by atoms with Gasteiger partial charge in [-0.3, -0.25) is 9.59 Å². The molecule has 0 aliphatic carbocycles. The number of hydrogen-bond donors (Lipinski definition) is 3. The first-order chi connectivity index (χ1) is 9.29. The molecule has 0 bridgehead atoms. The van der Waals surface area contributed by atoms with Crippen molar-refractivity contribution >= 4 is 27.3 Å². The van der Waals surface area contributed by atoms with Crippen molar-refractivity contribution in [1.29, 1.82) is 0 Å². The molecule has 1 fully saturated rings. The molecule has 1 saturated heterocycles. The Hall–Kier alpha value is -1.93. The Bertz CT molecular complexity index is 638. The van der Waals surface area contributed by atoms with Gasteiger partial charge >= 0.3 is 0 Å². The second kappa shape index (κ2) is 5.22. The average molecular weight is 298 g/mol. The number of β-amino-alcohol motifs (C(OH)–C–C–N with tert-alkyl or cyclic N) is 1. The summed E-state index contributed by atoms with van der Waals surface area (Å²) >= 11 is 0. The van der Waals surface area contributed by atoms with Gasteiger partial charge in [0.05, 0.1) is 11.0 Å². The maximum absolute atomic E-state index is 11.9. The lowest BCUT2D eigenvalue weighted by molar-refractivity contribution is -0.132. The molecule has 0 radical (unpaired) electrons. The predicted octanol–water partition coefficient (Wildman–Crippen LogP) is -0.864. The van der Waals surface area contributed by atoms with E-state index in [1.165, 1.54) is 24.3 Å². The van der Waals surface area contributed by atoms with Crippen LogP contribution in [0.15, 0.2) is 29.2 Å². The van der Waals surface area contributed by atoms with E-state index in [2.05, 4.69) is 10.6 Å². The van der Waals surface area contributed by atoms with Crippen molar-refractivity contribution in [2.75, 3.05) is 18.1 Å². The van der Waals surface area contributed by atoms with Crippen LogP contribution < -0.4 is 10.6 Å². The average Bonchev–Trinajstić information content (AvgIpc) is 2.68. The highest BCUT2D eigenvalue weighted by molar-refractivity contribution is 7.90. The molecule has 1 aliphatic heterocycles. The maximum Gasteiger partial charge on any atom is 0.239 e. The van der Waals surface area contributed by atoms with Crippen LogP contribution in [-0.2, 0) is 19.4 Å². The Morgan fingerprint density at radius 2 is 1.95 bits per heavy atom. The molecule has 0 aromatic heterocycles. The molecule has 7 nitrogen and oxygen atoms in total. The standard InChI is InChI=1S/C12H14N2O5S/c1-20(18,19)8-4-2-7(3-5-8)14-12(17)10-9(15)6-13-11(10)16/h2-5,9-10,15H,6H2,1H3,(H,13,16)(H,14,17). The summed E-state index contributed by atoms with van der Waals surface area (Å²) in [6, 6.07) is 5.56. The van der Waals surface area contributed by atoms with E-state index in [9.17, 15) is 23.1 Å². The van der Waals surface area contributed by atoms with Gasteiger partial charge in [-0.2, -0.15) is 0 Å². The number of benzene rings is 1. The van der Waals surface area contributed by atoms with Crippen LogP contribution in [0.2, 0.25) is 0 Å². The Morgan fingerprint density at radius 3 is 2.40 bits per heavy atom. The predicted molar refractivity (Wildman–Crippen MR) is 70.7 cm³/mol. The van der Waals surface area contributed by atoms with Crippen molar-refractivity contribution in [2.45, 2.75) is 11.0 Å². The highest BCUT2D eigenvalue weighted by Crippen LogP contribution is 2.17. The van der Waals surface area contributed by atoms with Crippen molar-refractivity contribution < 1.29 is 23.1 Å². The number of nitrogens with one attached hydrogen (secondary N) is 2. The van der Waals surface area contributed by atoms with Crippen LogP contribution in [0.4, 0.5) is 5.69 Å². The van der Waals surface area contributed by atoms with E-state index in [-0.39, 0.29) is 11.4 Å². The molecule has 2 unspecified atom stereocenters. The number of rotatable bonds is 3. The first-order valence-corrected chi connectivity index (χ1v) is 7.75. The first-order valence-electron chi connectivity index (χ1n) is 5.86. The normalized spacial score (nSPS) is 22.4. The van der Waals surface area contributed by atoms with Gasteiger partial charge in [0.15, 0.2) is 9.84 Å². The summed E-state index contributed by atoms with van der Waals surface area (Å²) in [5, 5.41) is 14.4. The van der Waals surface area contributed by atoms with Crippen LogP contribution >= 0.6 is 0 Å². The molecule has 1 aromatic carbocycles. The molecule has 20 heavy (non-hydrogen) atoms. The van der Waals surface area contributed by atoms with Crippen LogP contribution in [0.1, 0.15) is 0 Å². The highest BCUT2D eigenvalue weighted by Gasteiger charge is 2.39. The van der Waals surface area contributed by atoms with E-state index in [0.717, 1.165) is 6.26 Å². The lowest BCUT2D eigenvalue weighted by Gasteiger charge is -2.12. The number of aliphatic hydroxyl groups excluding tert-OH is 1. The molecule has 2 atom stereocenters. The molecule has 1 aliphatic rings. The Kier molecular flexibility index (Phi) is 3.78. The van der Waals surface area contributed by atoms with E-state index in [4.69, 9.17) is 0 Å². The zero-order valence-corrected chi connectivity index (χ0v) is 11.5. The fraction of sp³-hybridized carbons (Fsp3) is 0.333. The molecule has 0 saturated carbocycles. The van der Waals surface area contributed by atoms with Crippen LogP contribution in [0.25, 0.3) is 0 Å². The van der Waals surface area contributed by atoms with Crippen molar-refractivity contribution in [3.8, 4) is 0 Å². The molecule has 8 heteroatoms. The van der Waals surface area contributed by atoms with Crippen LogP contribution in [0, 0.1) is 5.92 Å². The quantitative estimate of drug-likeness (QED) is 0.628. The minimum Gasteiger partial charge on any atom is -0.390 e. The largest absolute Gasteiger partial charge is 0.390 e. The van der Waals surface area contributed by atoms with E-state index in [1.54, 1.807) is 0 Å². The van der Waals surface area contributed by atoms with Gasteiger partial charge in [-0.1, -0.05) is 0 Å². The van der Waals surface area contributed by atoms with Gasteiger partial charge in [-0.15, -0.1) is 0 Å². The van der Waals surface area contributed by atoms with Gasteiger partial charge in [0.25, 0.3) is 0 Å². The summed E-state index contributed by atoms with van der Waals surface area (Å²) in [6.07, 6.45) is 0.0255. The Balaban J connectivity index is 2.11. The molecule has 2 amide bonds. The molecule has 3 N–H and O–H groups in total. The fourth-order valence-electron chi connectivity index (χ4n) is 1.91. The van der Waals surface area contributed by atoms with Crippen molar-refractivity contribution in [2.24, 2.45) is 5.92 Å². The zero-order valence-electron chi connectivity index (χ0n) is 10.7. The number of amides is 2. The second-order valence-corrected chi connectivity index (χ2v) is 6.59. The summed E-state index contributed by atoms with van der Waals surface area (Å²) in [6.45, 7) is 0.0456. The van der Waals surface area contributed by atoms with E-state index in [0.29, 0.717) is 5.69 Å².